The topological polar surface area (TPSA) is 97.1 Å². The predicted octanol–water partition coefficient (Wildman–Crippen LogP) is 2.21. The summed E-state index contributed by atoms with van der Waals surface area (Å²) in [4.78, 5) is 30.7. The molecule has 130 valence electrons. The summed E-state index contributed by atoms with van der Waals surface area (Å²) in [6, 6.07) is 7.61. The van der Waals surface area contributed by atoms with Crippen molar-refractivity contribution < 1.29 is 0 Å². The van der Waals surface area contributed by atoms with E-state index in [1.165, 1.54) is 4.57 Å². The van der Waals surface area contributed by atoms with E-state index in [4.69, 9.17) is 0 Å². The van der Waals surface area contributed by atoms with Crippen molar-refractivity contribution in [1.82, 2.24) is 19.1 Å². The summed E-state index contributed by atoms with van der Waals surface area (Å²) in [6.45, 7) is 3.85. The summed E-state index contributed by atoms with van der Waals surface area (Å²) in [7, 11) is 1.56. The first kappa shape index (κ1) is 17.2. The first-order valence-electron chi connectivity index (χ1n) is 7.64. The quantitative estimate of drug-likeness (QED) is 0.514. The molecule has 3 aromatic rings. The van der Waals surface area contributed by atoms with Crippen molar-refractivity contribution >= 4 is 39.3 Å². The Morgan fingerprint density at radius 2 is 1.96 bits per heavy atom. The fourth-order valence-electron chi connectivity index (χ4n) is 2.50. The second-order valence-corrected chi connectivity index (χ2v) is 6.73. The number of fused-ring (bicyclic) bond motifs is 1. The Balaban J connectivity index is 2.04. The highest BCUT2D eigenvalue weighted by Crippen LogP contribution is 2.20. The van der Waals surface area contributed by atoms with Gasteiger partial charge in [0.1, 0.15) is 0 Å². The fourth-order valence-corrected chi connectivity index (χ4v) is 2.76. The van der Waals surface area contributed by atoms with E-state index < -0.39 is 11.2 Å². The van der Waals surface area contributed by atoms with Crippen LogP contribution < -0.4 is 16.7 Å². The Labute approximate surface area is 151 Å². The average Bonchev–Trinajstić information content (AvgIpc) is 2.95. The molecular formula is C16H17BrN6O2. The molecule has 0 bridgehead atoms. The number of rotatable bonds is 4. The zero-order valence-corrected chi connectivity index (χ0v) is 15.5. The Kier molecular flexibility index (Phi) is 4.58. The molecule has 0 aliphatic heterocycles. The zero-order chi connectivity index (χ0) is 18.1. The third-order valence-corrected chi connectivity index (χ3v) is 4.24. The first-order chi connectivity index (χ1) is 11.9. The van der Waals surface area contributed by atoms with Gasteiger partial charge in [-0.3, -0.25) is 14.3 Å². The van der Waals surface area contributed by atoms with Crippen molar-refractivity contribution in [3.63, 3.8) is 0 Å². The number of anilines is 1. The summed E-state index contributed by atoms with van der Waals surface area (Å²) in [5.74, 6) is 0.394. The SMILES string of the molecule is CC(C)n1c(N/N=C\c2ccc(Br)cc2)nc2c1c(=O)[nH]c(=O)n2C. The molecule has 0 aliphatic carbocycles. The van der Waals surface area contributed by atoms with Crippen molar-refractivity contribution in [3.05, 3.63) is 55.1 Å². The van der Waals surface area contributed by atoms with Gasteiger partial charge in [-0.1, -0.05) is 28.1 Å². The van der Waals surface area contributed by atoms with Gasteiger partial charge in [-0.25, -0.2) is 10.2 Å². The minimum absolute atomic E-state index is 0.0472. The summed E-state index contributed by atoms with van der Waals surface area (Å²) >= 11 is 3.38. The normalized spacial score (nSPS) is 11.7. The maximum atomic E-state index is 12.2. The highest BCUT2D eigenvalue weighted by molar-refractivity contribution is 9.10. The molecule has 3 rings (SSSR count). The van der Waals surface area contributed by atoms with Crippen LogP contribution in [-0.2, 0) is 7.05 Å². The zero-order valence-electron chi connectivity index (χ0n) is 13.9. The molecule has 0 spiro atoms. The van der Waals surface area contributed by atoms with Crippen molar-refractivity contribution in [2.24, 2.45) is 12.1 Å². The molecule has 0 unspecified atom stereocenters. The monoisotopic (exact) mass is 404 g/mol. The average molecular weight is 405 g/mol. The first-order valence-corrected chi connectivity index (χ1v) is 8.43. The van der Waals surface area contributed by atoms with Crippen LogP contribution in [0.5, 0.6) is 0 Å². The molecule has 1 aromatic carbocycles. The third kappa shape index (κ3) is 3.27. The predicted molar refractivity (Wildman–Crippen MR) is 101 cm³/mol. The van der Waals surface area contributed by atoms with Gasteiger partial charge in [-0.15, -0.1) is 0 Å². The largest absolute Gasteiger partial charge is 0.329 e. The lowest BCUT2D eigenvalue weighted by Gasteiger charge is -2.11. The smallest absolute Gasteiger partial charge is 0.300 e. The number of imidazole rings is 1. The minimum atomic E-state index is -0.504. The standard InChI is InChI=1S/C16H17BrN6O2/c1-9(2)23-12-13(22(3)16(25)20-14(12)24)19-15(23)21-18-8-10-4-6-11(17)7-5-10/h4-9H,1-3H3,(H,19,21)(H,20,24,25)/b18-8-. The molecule has 2 aromatic heterocycles. The van der Waals surface area contributed by atoms with Gasteiger partial charge in [-0.2, -0.15) is 10.1 Å². The van der Waals surface area contributed by atoms with Gasteiger partial charge in [0.05, 0.1) is 6.21 Å². The molecule has 0 saturated heterocycles. The highest BCUT2D eigenvalue weighted by atomic mass is 79.9. The minimum Gasteiger partial charge on any atom is -0.300 e. The summed E-state index contributed by atoms with van der Waals surface area (Å²) in [6.07, 6.45) is 1.65. The molecular weight excluding hydrogens is 388 g/mol. The molecule has 8 nitrogen and oxygen atoms in total. The summed E-state index contributed by atoms with van der Waals surface area (Å²) in [5, 5.41) is 4.19. The Morgan fingerprint density at radius 3 is 2.60 bits per heavy atom. The fraction of sp³-hybridized carbons (Fsp3) is 0.250. The number of nitrogens with one attached hydrogen (secondary N) is 2. The maximum absolute atomic E-state index is 12.2. The van der Waals surface area contributed by atoms with Gasteiger partial charge in [0.2, 0.25) is 5.95 Å². The Hall–Kier alpha value is -2.68. The van der Waals surface area contributed by atoms with Crippen LogP contribution >= 0.6 is 15.9 Å². The molecule has 0 amide bonds. The van der Waals surface area contributed by atoms with Crippen LogP contribution in [0.3, 0.4) is 0 Å². The van der Waals surface area contributed by atoms with E-state index in [1.54, 1.807) is 17.8 Å². The molecule has 25 heavy (non-hydrogen) atoms. The highest BCUT2D eigenvalue weighted by Gasteiger charge is 2.18. The number of H-pyrrole nitrogens is 1. The van der Waals surface area contributed by atoms with Crippen LogP contribution in [0, 0.1) is 0 Å². The van der Waals surface area contributed by atoms with E-state index in [9.17, 15) is 9.59 Å². The van der Waals surface area contributed by atoms with Gasteiger partial charge >= 0.3 is 5.69 Å². The van der Waals surface area contributed by atoms with E-state index in [0.29, 0.717) is 17.1 Å². The lowest BCUT2D eigenvalue weighted by atomic mass is 10.2. The van der Waals surface area contributed by atoms with E-state index >= 15 is 0 Å². The van der Waals surface area contributed by atoms with Gasteiger partial charge in [0.25, 0.3) is 5.56 Å². The van der Waals surface area contributed by atoms with Crippen molar-refractivity contribution in [2.45, 2.75) is 19.9 Å². The molecule has 2 heterocycles. The van der Waals surface area contributed by atoms with E-state index in [2.05, 4.69) is 36.4 Å². The number of halogens is 1. The van der Waals surface area contributed by atoms with Crippen LogP contribution in [0.25, 0.3) is 11.2 Å². The van der Waals surface area contributed by atoms with E-state index in [0.717, 1.165) is 10.0 Å². The van der Waals surface area contributed by atoms with Crippen molar-refractivity contribution in [3.8, 4) is 0 Å². The summed E-state index contributed by atoms with van der Waals surface area (Å²) in [5.41, 5.74) is 3.44. The van der Waals surface area contributed by atoms with E-state index in [-0.39, 0.29) is 6.04 Å². The molecule has 9 heteroatoms. The van der Waals surface area contributed by atoms with E-state index in [1.807, 2.05) is 38.1 Å². The Bertz CT molecular complexity index is 1060. The van der Waals surface area contributed by atoms with Gasteiger partial charge < -0.3 is 4.57 Å². The Morgan fingerprint density at radius 1 is 1.28 bits per heavy atom. The molecule has 0 fully saturated rings. The molecule has 0 saturated carbocycles. The molecule has 2 N–H and O–H groups in total. The van der Waals surface area contributed by atoms with Crippen molar-refractivity contribution in [1.29, 1.82) is 0 Å². The van der Waals surface area contributed by atoms with Crippen LogP contribution in [0.1, 0.15) is 25.5 Å². The number of aromatic amines is 1. The van der Waals surface area contributed by atoms with Crippen molar-refractivity contribution in [2.75, 3.05) is 5.43 Å². The number of hydrazone groups is 1. The number of hydrogen-bond donors (Lipinski definition) is 2. The second-order valence-electron chi connectivity index (χ2n) is 5.81. The van der Waals surface area contributed by atoms with Crippen LogP contribution in [-0.4, -0.2) is 25.3 Å². The number of benzene rings is 1. The number of nitrogens with zero attached hydrogens (tertiary/aromatic N) is 4. The lowest BCUT2D eigenvalue weighted by molar-refractivity contribution is 0.620. The van der Waals surface area contributed by atoms with Gasteiger partial charge in [0.15, 0.2) is 11.2 Å². The van der Waals surface area contributed by atoms with Gasteiger partial charge in [-0.05, 0) is 31.5 Å². The lowest BCUT2D eigenvalue weighted by Crippen LogP contribution is -2.29. The van der Waals surface area contributed by atoms with Crippen LogP contribution in [0.4, 0.5) is 5.95 Å². The van der Waals surface area contributed by atoms with Crippen LogP contribution in [0.15, 0.2) is 43.4 Å². The molecule has 0 atom stereocenters. The second kappa shape index (κ2) is 6.67. The van der Waals surface area contributed by atoms with Crippen LogP contribution in [0.2, 0.25) is 0 Å². The summed E-state index contributed by atoms with van der Waals surface area (Å²) < 4.78 is 4.01. The maximum Gasteiger partial charge on any atom is 0.329 e. The number of aromatic nitrogens is 4. The molecule has 0 radical (unpaired) electrons. The third-order valence-electron chi connectivity index (χ3n) is 3.72. The number of hydrogen-bond acceptors (Lipinski definition) is 5. The van der Waals surface area contributed by atoms with Gasteiger partial charge in [0, 0.05) is 17.6 Å². The number of aryl methyl sites for hydroxylation is 1. The molecule has 0 aliphatic rings.